The summed E-state index contributed by atoms with van der Waals surface area (Å²) < 4.78 is 26.5. The van der Waals surface area contributed by atoms with E-state index in [0.29, 0.717) is 18.8 Å². The zero-order valence-electron chi connectivity index (χ0n) is 18.3. The van der Waals surface area contributed by atoms with E-state index < -0.39 is 16.1 Å². The van der Waals surface area contributed by atoms with E-state index in [4.69, 9.17) is 0 Å². The quantitative estimate of drug-likeness (QED) is 0.550. The van der Waals surface area contributed by atoms with Gasteiger partial charge in [-0.15, -0.1) is 0 Å². The molecule has 0 aliphatic heterocycles. The first kappa shape index (κ1) is 24.4. The SMILES string of the molecule is CCN(CC)S(=O)(=O)c1ccc(C(C)NC(=O)CNC(=O)Nc2cccc(C)c2)cc1. The summed E-state index contributed by atoms with van der Waals surface area (Å²) in [6, 6.07) is 13.0. The Labute approximate surface area is 184 Å². The average Bonchev–Trinajstić information content (AvgIpc) is 2.73. The van der Waals surface area contributed by atoms with E-state index >= 15 is 0 Å². The molecule has 0 aliphatic rings. The van der Waals surface area contributed by atoms with E-state index in [1.54, 1.807) is 51.1 Å². The third kappa shape index (κ3) is 6.80. The molecule has 0 saturated heterocycles. The minimum atomic E-state index is -3.52. The van der Waals surface area contributed by atoms with E-state index in [2.05, 4.69) is 16.0 Å². The number of sulfonamides is 1. The molecular weight excluding hydrogens is 416 g/mol. The molecule has 0 aliphatic carbocycles. The maximum absolute atomic E-state index is 12.6. The van der Waals surface area contributed by atoms with Gasteiger partial charge in [0.05, 0.1) is 17.5 Å². The van der Waals surface area contributed by atoms with Gasteiger partial charge in [-0.25, -0.2) is 13.2 Å². The van der Waals surface area contributed by atoms with Crippen molar-refractivity contribution in [3.8, 4) is 0 Å². The van der Waals surface area contributed by atoms with Gasteiger partial charge in [-0.3, -0.25) is 4.79 Å². The Morgan fingerprint density at radius 2 is 1.68 bits per heavy atom. The lowest BCUT2D eigenvalue weighted by Gasteiger charge is -2.19. The van der Waals surface area contributed by atoms with Crippen molar-refractivity contribution in [2.75, 3.05) is 25.0 Å². The van der Waals surface area contributed by atoms with Gasteiger partial charge in [-0.2, -0.15) is 4.31 Å². The number of nitrogens with zero attached hydrogens (tertiary/aromatic N) is 1. The molecule has 2 rings (SSSR count). The molecule has 31 heavy (non-hydrogen) atoms. The highest BCUT2D eigenvalue weighted by molar-refractivity contribution is 7.89. The van der Waals surface area contributed by atoms with Gasteiger partial charge in [0.1, 0.15) is 0 Å². The predicted molar refractivity (Wildman–Crippen MR) is 121 cm³/mol. The maximum atomic E-state index is 12.6. The van der Waals surface area contributed by atoms with Crippen LogP contribution in [0.3, 0.4) is 0 Å². The van der Waals surface area contributed by atoms with E-state index in [0.717, 1.165) is 11.1 Å². The molecule has 0 heterocycles. The Kier molecular flexibility index (Phi) is 8.58. The Hall–Kier alpha value is -2.91. The number of aryl methyl sites for hydroxylation is 1. The topological polar surface area (TPSA) is 108 Å². The molecule has 3 N–H and O–H groups in total. The normalized spacial score (nSPS) is 12.3. The molecule has 3 amide bonds. The number of amides is 3. The Bertz CT molecular complexity index is 1000. The van der Waals surface area contributed by atoms with Crippen LogP contribution in [0.25, 0.3) is 0 Å². The lowest BCUT2D eigenvalue weighted by molar-refractivity contribution is -0.120. The summed E-state index contributed by atoms with van der Waals surface area (Å²) >= 11 is 0. The molecule has 1 unspecified atom stereocenters. The predicted octanol–water partition coefficient (Wildman–Crippen LogP) is 3.02. The first-order chi connectivity index (χ1) is 14.7. The van der Waals surface area contributed by atoms with Crippen LogP contribution in [0.4, 0.5) is 10.5 Å². The Balaban J connectivity index is 1.89. The number of carbonyl (C=O) groups is 2. The summed E-state index contributed by atoms with van der Waals surface area (Å²) in [5.41, 5.74) is 2.42. The third-order valence-electron chi connectivity index (χ3n) is 4.79. The summed E-state index contributed by atoms with van der Waals surface area (Å²) in [6.07, 6.45) is 0. The van der Waals surface area contributed by atoms with Crippen molar-refractivity contribution >= 4 is 27.6 Å². The molecular formula is C22H30N4O4S. The van der Waals surface area contributed by atoms with E-state index in [9.17, 15) is 18.0 Å². The van der Waals surface area contributed by atoms with E-state index in [1.807, 2.05) is 25.1 Å². The van der Waals surface area contributed by atoms with Crippen molar-refractivity contribution in [2.45, 2.75) is 38.6 Å². The molecule has 0 aromatic heterocycles. The van der Waals surface area contributed by atoms with Gasteiger partial charge < -0.3 is 16.0 Å². The van der Waals surface area contributed by atoms with Crippen LogP contribution in [0.1, 0.15) is 37.9 Å². The number of rotatable bonds is 9. The number of benzene rings is 2. The van der Waals surface area contributed by atoms with Gasteiger partial charge in [-0.1, -0.05) is 38.1 Å². The summed E-state index contributed by atoms with van der Waals surface area (Å²) in [6.45, 7) is 7.91. The summed E-state index contributed by atoms with van der Waals surface area (Å²) in [7, 11) is -3.52. The minimum absolute atomic E-state index is 0.184. The number of nitrogens with one attached hydrogen (secondary N) is 3. The van der Waals surface area contributed by atoms with Crippen molar-refractivity contribution in [1.82, 2.24) is 14.9 Å². The van der Waals surface area contributed by atoms with Crippen molar-refractivity contribution in [2.24, 2.45) is 0 Å². The largest absolute Gasteiger partial charge is 0.348 e. The third-order valence-corrected chi connectivity index (χ3v) is 6.85. The summed E-state index contributed by atoms with van der Waals surface area (Å²) in [5.74, 6) is -0.355. The molecule has 0 fully saturated rings. The van der Waals surface area contributed by atoms with Crippen molar-refractivity contribution in [3.05, 3.63) is 59.7 Å². The van der Waals surface area contributed by atoms with E-state index in [1.165, 1.54) is 4.31 Å². The molecule has 1 atom stereocenters. The van der Waals surface area contributed by atoms with Crippen LogP contribution in [-0.2, 0) is 14.8 Å². The molecule has 2 aromatic rings. The first-order valence-electron chi connectivity index (χ1n) is 10.2. The zero-order chi connectivity index (χ0) is 23.0. The number of urea groups is 1. The first-order valence-corrected chi connectivity index (χ1v) is 11.6. The van der Waals surface area contributed by atoms with Gasteiger partial charge in [-0.05, 0) is 49.2 Å². The van der Waals surface area contributed by atoms with Crippen LogP contribution < -0.4 is 16.0 Å². The molecule has 0 bridgehead atoms. The molecule has 8 nitrogen and oxygen atoms in total. The van der Waals surface area contributed by atoms with Crippen LogP contribution in [0.5, 0.6) is 0 Å². The average molecular weight is 447 g/mol. The van der Waals surface area contributed by atoms with Crippen LogP contribution in [-0.4, -0.2) is 44.3 Å². The van der Waals surface area contributed by atoms with Crippen molar-refractivity contribution in [3.63, 3.8) is 0 Å². The van der Waals surface area contributed by atoms with E-state index in [-0.39, 0.29) is 23.4 Å². The van der Waals surface area contributed by atoms with Crippen molar-refractivity contribution in [1.29, 1.82) is 0 Å². The zero-order valence-corrected chi connectivity index (χ0v) is 19.1. The fraction of sp³-hybridized carbons (Fsp3) is 0.364. The minimum Gasteiger partial charge on any atom is -0.348 e. The van der Waals surface area contributed by atoms with Gasteiger partial charge in [0.25, 0.3) is 0 Å². The van der Waals surface area contributed by atoms with Crippen LogP contribution >= 0.6 is 0 Å². The Morgan fingerprint density at radius 1 is 1.03 bits per heavy atom. The van der Waals surface area contributed by atoms with Crippen LogP contribution in [0.15, 0.2) is 53.4 Å². The molecule has 0 spiro atoms. The smallest absolute Gasteiger partial charge is 0.319 e. The highest BCUT2D eigenvalue weighted by Crippen LogP contribution is 2.19. The fourth-order valence-corrected chi connectivity index (χ4v) is 4.53. The number of hydrogen-bond donors (Lipinski definition) is 3. The van der Waals surface area contributed by atoms with Crippen LogP contribution in [0.2, 0.25) is 0 Å². The monoisotopic (exact) mass is 446 g/mol. The summed E-state index contributed by atoms with van der Waals surface area (Å²) in [4.78, 5) is 24.3. The van der Waals surface area contributed by atoms with Gasteiger partial charge >= 0.3 is 6.03 Å². The van der Waals surface area contributed by atoms with Gasteiger partial charge in [0, 0.05) is 18.8 Å². The lowest BCUT2D eigenvalue weighted by atomic mass is 10.1. The molecule has 0 saturated carbocycles. The van der Waals surface area contributed by atoms with Gasteiger partial charge in [0.15, 0.2) is 0 Å². The second-order valence-electron chi connectivity index (χ2n) is 7.12. The second kappa shape index (κ2) is 10.9. The number of carbonyl (C=O) groups excluding carboxylic acids is 2. The number of hydrogen-bond acceptors (Lipinski definition) is 4. The lowest BCUT2D eigenvalue weighted by Crippen LogP contribution is -2.39. The van der Waals surface area contributed by atoms with Crippen molar-refractivity contribution < 1.29 is 18.0 Å². The molecule has 0 radical (unpaired) electrons. The Morgan fingerprint density at radius 3 is 2.26 bits per heavy atom. The fourth-order valence-electron chi connectivity index (χ4n) is 3.08. The molecule has 2 aromatic carbocycles. The molecule has 168 valence electrons. The van der Waals surface area contributed by atoms with Crippen LogP contribution in [0, 0.1) is 6.92 Å². The van der Waals surface area contributed by atoms with Gasteiger partial charge in [0.2, 0.25) is 15.9 Å². The second-order valence-corrected chi connectivity index (χ2v) is 9.06. The number of anilines is 1. The summed E-state index contributed by atoms with van der Waals surface area (Å²) in [5, 5.41) is 7.97. The standard InChI is InChI=1S/C22H30N4O4S/c1-5-26(6-2)31(29,30)20-12-10-18(11-13-20)17(4)24-21(27)15-23-22(28)25-19-9-7-8-16(3)14-19/h7-14,17H,5-6,15H2,1-4H3,(H,24,27)(H2,23,25,28). The highest BCUT2D eigenvalue weighted by Gasteiger charge is 2.21. The molecule has 9 heteroatoms. The highest BCUT2D eigenvalue weighted by atomic mass is 32.2. The maximum Gasteiger partial charge on any atom is 0.319 e.